The second-order valence-corrected chi connectivity index (χ2v) is 8.91. The lowest BCUT2D eigenvalue weighted by Crippen LogP contribution is -2.39. The third kappa shape index (κ3) is 5.17. The molecule has 0 N–H and O–H groups in total. The fourth-order valence-corrected chi connectivity index (χ4v) is 5.15. The van der Waals surface area contributed by atoms with Gasteiger partial charge in [-0.15, -0.1) is 0 Å². The number of nitrogens with zero attached hydrogens (tertiary/aromatic N) is 1. The number of hydrogen-bond donors (Lipinski definition) is 0. The average Bonchev–Trinajstić information content (AvgIpc) is 2.68. The lowest BCUT2D eigenvalue weighted by atomic mass is 9.90. The Kier molecular flexibility index (Phi) is 6.29. The van der Waals surface area contributed by atoms with Gasteiger partial charge in [-0.05, 0) is 35.4 Å². The molecule has 0 radical (unpaired) electrons. The predicted molar refractivity (Wildman–Crippen MR) is 105 cm³/mol. The molecule has 1 unspecified atom stereocenters. The summed E-state index contributed by atoms with van der Waals surface area (Å²) in [5.74, 6) is -0.104. The quantitative estimate of drug-likeness (QED) is 0.715. The second kappa shape index (κ2) is 8.67. The van der Waals surface area contributed by atoms with E-state index in [1.165, 1.54) is 7.11 Å². The summed E-state index contributed by atoms with van der Waals surface area (Å²) < 4.78 is 32.0. The summed E-state index contributed by atoms with van der Waals surface area (Å²) >= 11 is 0. The summed E-state index contributed by atoms with van der Waals surface area (Å²) in [6.07, 6.45) is 2.01. The largest absolute Gasteiger partial charge is 0.469 e. The maximum atomic E-state index is 12.8. The summed E-state index contributed by atoms with van der Waals surface area (Å²) in [4.78, 5) is 11.5. The number of hydrogen-bond acceptors (Lipinski definition) is 4. The van der Waals surface area contributed by atoms with Crippen LogP contribution in [-0.2, 0) is 31.7 Å². The highest BCUT2D eigenvalue weighted by atomic mass is 32.2. The van der Waals surface area contributed by atoms with E-state index in [0.717, 1.165) is 29.5 Å². The van der Waals surface area contributed by atoms with Crippen LogP contribution < -0.4 is 0 Å². The lowest BCUT2D eigenvalue weighted by molar-refractivity contribution is -0.139. The Morgan fingerprint density at radius 3 is 2.59 bits per heavy atom. The molecule has 5 nitrogen and oxygen atoms in total. The van der Waals surface area contributed by atoms with Crippen molar-refractivity contribution in [1.82, 2.24) is 4.31 Å². The van der Waals surface area contributed by atoms with Crippen LogP contribution in [0.25, 0.3) is 0 Å². The molecule has 1 heterocycles. The van der Waals surface area contributed by atoms with Crippen molar-refractivity contribution in [3.8, 4) is 0 Å². The van der Waals surface area contributed by atoms with Crippen molar-refractivity contribution in [2.45, 2.75) is 30.9 Å². The Morgan fingerprint density at radius 2 is 1.85 bits per heavy atom. The smallest absolute Gasteiger partial charge is 0.309 e. The van der Waals surface area contributed by atoms with E-state index in [4.69, 9.17) is 4.74 Å². The van der Waals surface area contributed by atoms with E-state index in [-0.39, 0.29) is 24.1 Å². The van der Waals surface area contributed by atoms with E-state index in [1.807, 2.05) is 54.6 Å². The van der Waals surface area contributed by atoms with Crippen LogP contribution in [0, 0.1) is 0 Å². The molecule has 3 rings (SSSR count). The number of carbonyl (C=O) groups is 1. The normalized spacial score (nSPS) is 18.2. The fraction of sp³-hybridized carbons (Fsp3) is 0.381. The molecule has 1 fully saturated rings. The van der Waals surface area contributed by atoms with Crippen LogP contribution in [0.1, 0.15) is 35.4 Å². The molecule has 1 atom stereocenters. The van der Waals surface area contributed by atoms with Gasteiger partial charge < -0.3 is 4.74 Å². The molecule has 0 amide bonds. The van der Waals surface area contributed by atoms with Crippen LogP contribution in [-0.4, -0.2) is 38.9 Å². The first-order chi connectivity index (χ1) is 13.0. The highest BCUT2D eigenvalue weighted by molar-refractivity contribution is 7.88. The summed E-state index contributed by atoms with van der Waals surface area (Å²) in [5.41, 5.74) is 2.78. The number of piperidine rings is 1. The standard InChI is InChI=1S/C21H25NO4S/c1-26-21(23)14-18-9-5-10-19(13-18)20-11-6-12-22(15-20)27(24,25)16-17-7-3-2-4-8-17/h2-5,7-10,13,20H,6,11-12,14-16H2,1H3. The minimum absolute atomic E-state index is 0.0307. The first-order valence-corrected chi connectivity index (χ1v) is 10.8. The van der Waals surface area contributed by atoms with Crippen LogP contribution in [0.2, 0.25) is 0 Å². The second-order valence-electron chi connectivity index (χ2n) is 6.94. The van der Waals surface area contributed by atoms with Crippen molar-refractivity contribution >= 4 is 16.0 Å². The Labute approximate surface area is 161 Å². The van der Waals surface area contributed by atoms with E-state index in [9.17, 15) is 13.2 Å². The number of sulfonamides is 1. The first kappa shape index (κ1) is 19.6. The Morgan fingerprint density at radius 1 is 1.11 bits per heavy atom. The summed E-state index contributed by atoms with van der Waals surface area (Å²) in [7, 11) is -1.97. The molecule has 1 aliphatic rings. The third-order valence-electron chi connectivity index (χ3n) is 4.97. The van der Waals surface area contributed by atoms with Crippen LogP contribution in [0.5, 0.6) is 0 Å². The number of methoxy groups -OCH3 is 1. The molecule has 1 saturated heterocycles. The highest BCUT2D eigenvalue weighted by Crippen LogP contribution is 2.29. The zero-order chi connectivity index (χ0) is 19.3. The maximum absolute atomic E-state index is 12.8. The molecule has 0 aromatic heterocycles. The molecule has 0 spiro atoms. The summed E-state index contributed by atoms with van der Waals surface area (Å²) in [6, 6.07) is 17.1. The Hall–Kier alpha value is -2.18. The number of carbonyl (C=O) groups excluding carboxylic acids is 1. The molecule has 6 heteroatoms. The van der Waals surface area contributed by atoms with Crippen molar-refractivity contribution in [1.29, 1.82) is 0 Å². The van der Waals surface area contributed by atoms with Crippen molar-refractivity contribution in [3.05, 3.63) is 71.3 Å². The fourth-order valence-electron chi connectivity index (χ4n) is 3.54. The highest BCUT2D eigenvalue weighted by Gasteiger charge is 2.29. The van der Waals surface area contributed by atoms with Crippen molar-refractivity contribution < 1.29 is 17.9 Å². The van der Waals surface area contributed by atoms with Gasteiger partial charge in [-0.3, -0.25) is 4.79 Å². The molecule has 2 aromatic carbocycles. The lowest BCUT2D eigenvalue weighted by Gasteiger charge is -2.32. The molecule has 27 heavy (non-hydrogen) atoms. The van der Waals surface area contributed by atoms with Crippen molar-refractivity contribution in [2.75, 3.05) is 20.2 Å². The first-order valence-electron chi connectivity index (χ1n) is 9.15. The molecule has 0 aliphatic carbocycles. The van der Waals surface area contributed by atoms with Gasteiger partial charge in [0, 0.05) is 13.1 Å². The van der Waals surface area contributed by atoms with E-state index in [1.54, 1.807) is 4.31 Å². The van der Waals surface area contributed by atoms with Gasteiger partial charge in [-0.25, -0.2) is 12.7 Å². The molecule has 2 aromatic rings. The molecular formula is C21H25NO4S. The van der Waals surface area contributed by atoms with E-state index in [2.05, 4.69) is 0 Å². The number of benzene rings is 2. The third-order valence-corrected chi connectivity index (χ3v) is 6.78. The number of esters is 1. The zero-order valence-electron chi connectivity index (χ0n) is 15.5. The maximum Gasteiger partial charge on any atom is 0.309 e. The van der Waals surface area contributed by atoms with Gasteiger partial charge in [-0.1, -0.05) is 54.6 Å². The predicted octanol–water partition coefficient (Wildman–Crippen LogP) is 3.11. The van der Waals surface area contributed by atoms with Crippen LogP contribution in [0.4, 0.5) is 0 Å². The average molecular weight is 388 g/mol. The van der Waals surface area contributed by atoms with E-state index >= 15 is 0 Å². The molecule has 0 bridgehead atoms. The van der Waals surface area contributed by atoms with Gasteiger partial charge >= 0.3 is 5.97 Å². The monoisotopic (exact) mass is 387 g/mol. The van der Waals surface area contributed by atoms with Gasteiger partial charge in [0.25, 0.3) is 0 Å². The minimum Gasteiger partial charge on any atom is -0.469 e. The summed E-state index contributed by atoms with van der Waals surface area (Å²) in [5, 5.41) is 0. The van der Waals surface area contributed by atoms with Crippen LogP contribution in [0.3, 0.4) is 0 Å². The minimum atomic E-state index is -3.35. The SMILES string of the molecule is COC(=O)Cc1cccc(C2CCCN(S(=O)(=O)Cc3ccccc3)C2)c1. The topological polar surface area (TPSA) is 63.7 Å². The van der Waals surface area contributed by atoms with Gasteiger partial charge in [0.1, 0.15) is 0 Å². The van der Waals surface area contributed by atoms with Gasteiger partial charge in [0.15, 0.2) is 0 Å². The van der Waals surface area contributed by atoms with E-state index in [0.29, 0.717) is 13.1 Å². The molecule has 1 aliphatic heterocycles. The summed E-state index contributed by atoms with van der Waals surface area (Å²) in [6.45, 7) is 1.05. The number of rotatable bonds is 6. The van der Waals surface area contributed by atoms with Gasteiger partial charge in [0.2, 0.25) is 10.0 Å². The zero-order valence-corrected chi connectivity index (χ0v) is 16.3. The number of ether oxygens (including phenoxy) is 1. The Balaban J connectivity index is 1.72. The molecule has 144 valence electrons. The molecule has 0 saturated carbocycles. The van der Waals surface area contributed by atoms with Crippen LogP contribution in [0.15, 0.2) is 54.6 Å². The van der Waals surface area contributed by atoms with Crippen molar-refractivity contribution in [2.24, 2.45) is 0 Å². The van der Waals surface area contributed by atoms with Gasteiger partial charge in [-0.2, -0.15) is 0 Å². The molecular weight excluding hydrogens is 362 g/mol. The van der Waals surface area contributed by atoms with Crippen LogP contribution >= 0.6 is 0 Å². The van der Waals surface area contributed by atoms with Gasteiger partial charge in [0.05, 0.1) is 19.3 Å². The Bertz CT molecular complexity index is 880. The van der Waals surface area contributed by atoms with E-state index < -0.39 is 10.0 Å². The van der Waals surface area contributed by atoms with Crippen molar-refractivity contribution in [3.63, 3.8) is 0 Å².